The first kappa shape index (κ1) is 17.9. The van der Waals surface area contributed by atoms with Crippen LogP contribution in [0.4, 0.5) is 0 Å². The molecule has 0 saturated carbocycles. The summed E-state index contributed by atoms with van der Waals surface area (Å²) in [7, 11) is 1.63. The van der Waals surface area contributed by atoms with E-state index in [2.05, 4.69) is 39.2 Å². The zero-order chi connectivity index (χ0) is 18.6. The molecule has 0 fully saturated rings. The highest BCUT2D eigenvalue weighted by molar-refractivity contribution is 5.78. The Morgan fingerprint density at radius 2 is 2.07 bits per heavy atom. The molecule has 1 atom stereocenters. The third-order valence-electron chi connectivity index (χ3n) is 5.00. The number of hydrogen-bond donors (Lipinski definition) is 1. The Balaban J connectivity index is 1.59. The third kappa shape index (κ3) is 3.79. The lowest BCUT2D eigenvalue weighted by Gasteiger charge is -2.37. The molecule has 7 heteroatoms. The molecule has 0 unspecified atom stereocenters. The van der Waals surface area contributed by atoms with Crippen LogP contribution in [0.3, 0.4) is 0 Å². The number of ether oxygens (including phenoxy) is 3. The number of amides is 1. The predicted molar refractivity (Wildman–Crippen MR) is 100 cm³/mol. The average molecular weight is 371 g/mol. The van der Waals surface area contributed by atoms with Gasteiger partial charge in [-0.1, -0.05) is 6.07 Å². The molecular weight excluding hydrogens is 346 g/mol. The Morgan fingerprint density at radius 3 is 2.93 bits per heavy atom. The smallest absolute Gasteiger partial charge is 0.234 e. The van der Waals surface area contributed by atoms with Crippen molar-refractivity contribution in [2.45, 2.75) is 12.6 Å². The SMILES string of the molecule is COCCNC(=O)CN1CCn2cccc2[C@@H]1c1ccc2c(c1)OCCO2. The summed E-state index contributed by atoms with van der Waals surface area (Å²) in [6.45, 7) is 4.19. The predicted octanol–water partition coefficient (Wildman–Crippen LogP) is 1.43. The molecule has 7 nitrogen and oxygen atoms in total. The van der Waals surface area contributed by atoms with Crippen LogP contribution in [0, 0.1) is 0 Å². The van der Waals surface area contributed by atoms with Gasteiger partial charge in [0.2, 0.25) is 5.91 Å². The van der Waals surface area contributed by atoms with E-state index in [9.17, 15) is 4.79 Å². The summed E-state index contributed by atoms with van der Waals surface area (Å²) in [5.74, 6) is 1.56. The van der Waals surface area contributed by atoms with Crippen LogP contribution >= 0.6 is 0 Å². The Bertz CT molecular complexity index is 804. The molecule has 1 aromatic carbocycles. The highest BCUT2D eigenvalue weighted by atomic mass is 16.6. The van der Waals surface area contributed by atoms with Crippen molar-refractivity contribution in [3.63, 3.8) is 0 Å². The van der Waals surface area contributed by atoms with Gasteiger partial charge < -0.3 is 24.1 Å². The number of nitrogens with one attached hydrogen (secondary N) is 1. The maximum absolute atomic E-state index is 12.4. The van der Waals surface area contributed by atoms with E-state index < -0.39 is 0 Å². The molecule has 27 heavy (non-hydrogen) atoms. The van der Waals surface area contributed by atoms with E-state index in [4.69, 9.17) is 14.2 Å². The van der Waals surface area contributed by atoms with Gasteiger partial charge in [-0.15, -0.1) is 0 Å². The molecule has 0 bridgehead atoms. The molecule has 0 aliphatic carbocycles. The molecule has 1 N–H and O–H groups in total. The number of fused-ring (bicyclic) bond motifs is 2. The lowest BCUT2D eigenvalue weighted by atomic mass is 9.99. The van der Waals surface area contributed by atoms with Crippen molar-refractivity contribution < 1.29 is 19.0 Å². The lowest BCUT2D eigenvalue weighted by molar-refractivity contribution is -0.123. The van der Waals surface area contributed by atoms with Crippen LogP contribution in [0.5, 0.6) is 11.5 Å². The van der Waals surface area contributed by atoms with Gasteiger partial charge in [0.15, 0.2) is 11.5 Å². The van der Waals surface area contributed by atoms with Crippen LogP contribution in [0.25, 0.3) is 0 Å². The standard InChI is InChI=1S/C20H25N3O4/c1-25-10-6-21-19(24)14-23-9-8-22-7-2-3-16(22)20(23)15-4-5-17-18(13-15)27-12-11-26-17/h2-5,7,13,20H,6,8-12,14H2,1H3,(H,21,24)/t20-/m0/s1. The number of aromatic nitrogens is 1. The van der Waals surface area contributed by atoms with E-state index >= 15 is 0 Å². The van der Waals surface area contributed by atoms with Gasteiger partial charge in [0, 0.05) is 38.6 Å². The van der Waals surface area contributed by atoms with Gasteiger partial charge in [-0.2, -0.15) is 0 Å². The first-order valence-electron chi connectivity index (χ1n) is 9.30. The minimum absolute atomic E-state index is 0.00208. The maximum Gasteiger partial charge on any atom is 0.234 e. The molecule has 0 saturated heterocycles. The molecule has 144 valence electrons. The quantitative estimate of drug-likeness (QED) is 0.779. The van der Waals surface area contributed by atoms with Gasteiger partial charge >= 0.3 is 0 Å². The van der Waals surface area contributed by atoms with E-state index in [1.54, 1.807) is 7.11 Å². The molecule has 4 rings (SSSR count). The van der Waals surface area contributed by atoms with Crippen molar-refractivity contribution in [2.75, 3.05) is 46.6 Å². The average Bonchev–Trinajstić information content (AvgIpc) is 3.16. The van der Waals surface area contributed by atoms with Crippen LogP contribution in [0.1, 0.15) is 17.3 Å². The van der Waals surface area contributed by atoms with Gasteiger partial charge in [-0.3, -0.25) is 9.69 Å². The topological polar surface area (TPSA) is 65.0 Å². The van der Waals surface area contributed by atoms with E-state index in [1.807, 2.05) is 12.1 Å². The fraction of sp³-hybridized carbons (Fsp3) is 0.450. The van der Waals surface area contributed by atoms with Gasteiger partial charge in [-0.05, 0) is 29.8 Å². The first-order chi connectivity index (χ1) is 13.3. The maximum atomic E-state index is 12.4. The normalized spacial score (nSPS) is 18.8. The Morgan fingerprint density at radius 1 is 1.22 bits per heavy atom. The first-order valence-corrected chi connectivity index (χ1v) is 9.30. The van der Waals surface area contributed by atoms with Gasteiger partial charge in [-0.25, -0.2) is 0 Å². The molecule has 2 aromatic rings. The molecule has 2 aliphatic heterocycles. The number of hydrogen-bond acceptors (Lipinski definition) is 5. The van der Waals surface area contributed by atoms with Crippen LogP contribution in [-0.2, 0) is 16.1 Å². The van der Waals surface area contributed by atoms with E-state index in [0.29, 0.717) is 32.9 Å². The van der Waals surface area contributed by atoms with Crippen LogP contribution in [0.15, 0.2) is 36.5 Å². The van der Waals surface area contributed by atoms with E-state index in [0.717, 1.165) is 30.2 Å². The molecule has 3 heterocycles. The van der Waals surface area contributed by atoms with Crippen molar-refractivity contribution in [3.8, 4) is 11.5 Å². The second kappa shape index (κ2) is 8.02. The molecule has 0 spiro atoms. The number of carbonyl (C=O) groups excluding carboxylic acids is 1. The molecule has 0 radical (unpaired) electrons. The monoisotopic (exact) mass is 371 g/mol. The number of rotatable bonds is 6. The summed E-state index contributed by atoms with van der Waals surface area (Å²) >= 11 is 0. The summed E-state index contributed by atoms with van der Waals surface area (Å²) in [4.78, 5) is 14.6. The van der Waals surface area contributed by atoms with E-state index in [1.165, 1.54) is 5.69 Å². The highest BCUT2D eigenvalue weighted by Gasteiger charge is 2.31. The zero-order valence-electron chi connectivity index (χ0n) is 15.5. The van der Waals surface area contributed by atoms with Crippen molar-refractivity contribution in [3.05, 3.63) is 47.8 Å². The summed E-state index contributed by atoms with van der Waals surface area (Å²) in [6.07, 6.45) is 2.09. The van der Waals surface area contributed by atoms with Crippen LogP contribution < -0.4 is 14.8 Å². The fourth-order valence-electron chi connectivity index (χ4n) is 3.75. The van der Waals surface area contributed by atoms with Gasteiger partial charge in [0.1, 0.15) is 13.2 Å². The number of benzene rings is 1. The molecular formula is C20H25N3O4. The van der Waals surface area contributed by atoms with Crippen molar-refractivity contribution in [2.24, 2.45) is 0 Å². The van der Waals surface area contributed by atoms with Crippen molar-refractivity contribution in [1.82, 2.24) is 14.8 Å². The van der Waals surface area contributed by atoms with Gasteiger partial charge in [0.05, 0.1) is 19.2 Å². The minimum Gasteiger partial charge on any atom is -0.486 e. The Kier molecular flexibility index (Phi) is 5.31. The third-order valence-corrected chi connectivity index (χ3v) is 5.00. The summed E-state index contributed by atoms with van der Waals surface area (Å²) in [6, 6.07) is 10.2. The number of methoxy groups -OCH3 is 1. The second-order valence-corrected chi connectivity index (χ2v) is 6.75. The molecule has 1 aromatic heterocycles. The van der Waals surface area contributed by atoms with Crippen LogP contribution in [-0.4, -0.2) is 61.9 Å². The Hall–Kier alpha value is -2.51. The largest absolute Gasteiger partial charge is 0.486 e. The van der Waals surface area contributed by atoms with E-state index in [-0.39, 0.29) is 11.9 Å². The summed E-state index contributed by atoms with van der Waals surface area (Å²) < 4.78 is 18.7. The number of nitrogens with zero attached hydrogens (tertiary/aromatic N) is 2. The minimum atomic E-state index is -0.00208. The van der Waals surface area contributed by atoms with Crippen molar-refractivity contribution in [1.29, 1.82) is 0 Å². The highest BCUT2D eigenvalue weighted by Crippen LogP contribution is 2.38. The number of carbonyl (C=O) groups is 1. The Labute approximate surface area is 158 Å². The molecule has 1 amide bonds. The fourth-order valence-corrected chi connectivity index (χ4v) is 3.75. The second-order valence-electron chi connectivity index (χ2n) is 6.75. The van der Waals surface area contributed by atoms with Gasteiger partial charge in [0.25, 0.3) is 0 Å². The lowest BCUT2D eigenvalue weighted by Crippen LogP contribution is -2.44. The van der Waals surface area contributed by atoms with Crippen LogP contribution in [0.2, 0.25) is 0 Å². The summed E-state index contributed by atoms with van der Waals surface area (Å²) in [5, 5.41) is 2.91. The zero-order valence-corrected chi connectivity index (χ0v) is 15.5. The van der Waals surface area contributed by atoms with Crippen molar-refractivity contribution >= 4 is 5.91 Å². The molecule has 2 aliphatic rings. The summed E-state index contributed by atoms with van der Waals surface area (Å²) in [5.41, 5.74) is 2.28.